The van der Waals surface area contributed by atoms with Crippen molar-refractivity contribution < 1.29 is 4.79 Å². The Hall–Kier alpha value is -2.51. The van der Waals surface area contributed by atoms with Crippen LogP contribution in [0.3, 0.4) is 0 Å². The monoisotopic (exact) mass is 383 g/mol. The summed E-state index contributed by atoms with van der Waals surface area (Å²) in [4.78, 5) is 20.0. The van der Waals surface area contributed by atoms with E-state index in [0.717, 1.165) is 17.0 Å². The third-order valence-electron chi connectivity index (χ3n) is 4.54. The second-order valence-corrected chi connectivity index (χ2v) is 7.85. The average molecular weight is 384 g/mol. The molecule has 1 aromatic carbocycles. The molecule has 1 unspecified atom stereocenters. The van der Waals surface area contributed by atoms with Crippen LogP contribution in [0.4, 0.5) is 0 Å². The van der Waals surface area contributed by atoms with Crippen molar-refractivity contribution in [1.82, 2.24) is 19.7 Å². The maximum atomic E-state index is 12.8. The molecular formula is C20H25N5OS. The number of para-hydroxylation sites is 1. The summed E-state index contributed by atoms with van der Waals surface area (Å²) < 4.78 is 1.73. The van der Waals surface area contributed by atoms with Crippen LogP contribution in [0.25, 0.3) is 16.4 Å². The summed E-state index contributed by atoms with van der Waals surface area (Å²) in [5.74, 6) is 1.06. The van der Waals surface area contributed by atoms with Crippen LogP contribution in [0.15, 0.2) is 47.8 Å². The Kier molecular flexibility index (Phi) is 6.03. The first-order valence-electron chi connectivity index (χ1n) is 9.04. The second-order valence-electron chi connectivity index (χ2n) is 6.91. The molecule has 2 heterocycles. The smallest absolute Gasteiger partial charge is 0.293 e. The molecule has 27 heavy (non-hydrogen) atoms. The number of benzene rings is 1. The van der Waals surface area contributed by atoms with E-state index < -0.39 is 0 Å². The van der Waals surface area contributed by atoms with Gasteiger partial charge >= 0.3 is 0 Å². The molecule has 0 aliphatic heterocycles. The molecule has 1 amide bonds. The predicted octanol–water partition coefficient (Wildman–Crippen LogP) is 3.44. The highest BCUT2D eigenvalue weighted by molar-refractivity contribution is 7.13. The lowest BCUT2D eigenvalue weighted by Crippen LogP contribution is -2.35. The number of amides is 1. The van der Waals surface area contributed by atoms with Crippen molar-refractivity contribution in [2.45, 2.75) is 26.3 Å². The molecule has 0 aliphatic rings. The molecule has 0 saturated carbocycles. The minimum absolute atomic E-state index is 0.0664. The van der Waals surface area contributed by atoms with Gasteiger partial charge in [-0.15, -0.1) is 16.4 Å². The summed E-state index contributed by atoms with van der Waals surface area (Å²) >= 11 is 1.57. The Bertz CT molecular complexity index is 873. The number of nitrogens with two attached hydrogens (primary N) is 1. The first-order chi connectivity index (χ1) is 13.0. The van der Waals surface area contributed by atoms with Crippen molar-refractivity contribution in [3.8, 4) is 16.4 Å². The van der Waals surface area contributed by atoms with Gasteiger partial charge in [0, 0.05) is 19.6 Å². The normalized spacial score (nSPS) is 12.3. The summed E-state index contributed by atoms with van der Waals surface area (Å²) in [6.45, 7) is 4.75. The van der Waals surface area contributed by atoms with Gasteiger partial charge in [0.15, 0.2) is 5.82 Å². The van der Waals surface area contributed by atoms with Gasteiger partial charge in [-0.3, -0.25) is 4.79 Å². The quantitative estimate of drug-likeness (QED) is 0.678. The number of rotatable bonds is 7. The minimum atomic E-state index is -0.196. The van der Waals surface area contributed by atoms with Gasteiger partial charge in [0.25, 0.3) is 5.91 Å². The fourth-order valence-electron chi connectivity index (χ4n) is 2.67. The van der Waals surface area contributed by atoms with E-state index in [4.69, 9.17) is 5.73 Å². The van der Waals surface area contributed by atoms with Crippen LogP contribution >= 0.6 is 11.3 Å². The molecular weight excluding hydrogens is 358 g/mol. The summed E-state index contributed by atoms with van der Waals surface area (Å²) in [6, 6.07) is 13.7. The van der Waals surface area contributed by atoms with E-state index in [9.17, 15) is 4.79 Å². The Labute approximate surface area is 163 Å². The first-order valence-corrected chi connectivity index (χ1v) is 9.92. The fourth-order valence-corrected chi connectivity index (χ4v) is 3.36. The van der Waals surface area contributed by atoms with Gasteiger partial charge in [-0.2, -0.15) is 0 Å². The number of thiophene rings is 1. The van der Waals surface area contributed by atoms with E-state index in [-0.39, 0.29) is 17.8 Å². The lowest BCUT2D eigenvalue weighted by molar-refractivity contribution is 0.0777. The maximum absolute atomic E-state index is 12.8. The number of carbonyl (C=O) groups excluding carboxylic acids is 1. The second kappa shape index (κ2) is 8.45. The highest BCUT2D eigenvalue weighted by atomic mass is 32.1. The van der Waals surface area contributed by atoms with Crippen molar-refractivity contribution in [3.63, 3.8) is 0 Å². The van der Waals surface area contributed by atoms with E-state index in [1.807, 2.05) is 47.8 Å². The minimum Gasteiger partial charge on any atom is -0.339 e. The number of hydrogen-bond acceptors (Lipinski definition) is 5. The van der Waals surface area contributed by atoms with Crippen LogP contribution in [0.2, 0.25) is 0 Å². The summed E-state index contributed by atoms with van der Waals surface area (Å²) in [5, 5.41) is 6.50. The van der Waals surface area contributed by atoms with Crippen molar-refractivity contribution in [1.29, 1.82) is 0 Å². The molecule has 142 valence electrons. The lowest BCUT2D eigenvalue weighted by Gasteiger charge is -2.20. The largest absolute Gasteiger partial charge is 0.339 e. The van der Waals surface area contributed by atoms with Crippen molar-refractivity contribution in [2.75, 3.05) is 13.6 Å². The van der Waals surface area contributed by atoms with Crippen molar-refractivity contribution in [2.24, 2.45) is 11.7 Å². The molecule has 0 bridgehead atoms. The van der Waals surface area contributed by atoms with E-state index in [1.165, 1.54) is 0 Å². The first kappa shape index (κ1) is 19.3. The van der Waals surface area contributed by atoms with E-state index in [0.29, 0.717) is 18.3 Å². The molecule has 7 heteroatoms. The molecule has 0 radical (unpaired) electrons. The highest BCUT2D eigenvalue weighted by Gasteiger charge is 2.22. The summed E-state index contributed by atoms with van der Waals surface area (Å²) in [7, 11) is 1.77. The highest BCUT2D eigenvalue weighted by Crippen LogP contribution is 2.25. The van der Waals surface area contributed by atoms with E-state index >= 15 is 0 Å². The lowest BCUT2D eigenvalue weighted by atomic mass is 10.0. The average Bonchev–Trinajstić information content (AvgIpc) is 3.35. The Morgan fingerprint density at radius 2 is 1.96 bits per heavy atom. The van der Waals surface area contributed by atoms with Crippen molar-refractivity contribution >= 4 is 17.2 Å². The zero-order valence-electron chi connectivity index (χ0n) is 15.9. The Morgan fingerprint density at radius 3 is 2.59 bits per heavy atom. The zero-order chi connectivity index (χ0) is 19.4. The molecule has 0 saturated heterocycles. The van der Waals surface area contributed by atoms with Gasteiger partial charge in [-0.1, -0.05) is 38.1 Å². The van der Waals surface area contributed by atoms with Gasteiger partial charge in [-0.05, 0) is 35.9 Å². The van der Waals surface area contributed by atoms with Crippen LogP contribution in [0, 0.1) is 5.92 Å². The zero-order valence-corrected chi connectivity index (χ0v) is 16.7. The van der Waals surface area contributed by atoms with Gasteiger partial charge in [-0.25, -0.2) is 9.67 Å². The standard InChI is InChI=1S/C20H25N5OS/c1-14(2)16(21)11-12-24(3)20(26)18-22-19(17-10-7-13-27-17)25(23-18)15-8-5-4-6-9-15/h4-10,13-14,16H,11-12,21H2,1-3H3. The van der Waals surface area contributed by atoms with Gasteiger partial charge in [0.2, 0.25) is 5.82 Å². The number of hydrogen-bond donors (Lipinski definition) is 1. The summed E-state index contributed by atoms with van der Waals surface area (Å²) in [5.41, 5.74) is 6.97. The van der Waals surface area contributed by atoms with Crippen LogP contribution < -0.4 is 5.73 Å². The molecule has 6 nitrogen and oxygen atoms in total. The topological polar surface area (TPSA) is 77.0 Å². The van der Waals surface area contributed by atoms with Crippen LogP contribution in [0.1, 0.15) is 30.9 Å². The molecule has 0 aliphatic carbocycles. The van der Waals surface area contributed by atoms with Crippen LogP contribution in [-0.2, 0) is 0 Å². The third-order valence-corrected chi connectivity index (χ3v) is 5.41. The Balaban J connectivity index is 1.87. The number of nitrogens with zero attached hydrogens (tertiary/aromatic N) is 4. The SMILES string of the molecule is CC(C)C(N)CCN(C)C(=O)c1nc(-c2cccs2)n(-c2ccccc2)n1. The van der Waals surface area contributed by atoms with Gasteiger partial charge in [0.1, 0.15) is 0 Å². The third kappa shape index (κ3) is 4.43. The van der Waals surface area contributed by atoms with E-state index in [1.54, 1.807) is 28.0 Å². The maximum Gasteiger partial charge on any atom is 0.293 e. The number of carbonyl (C=O) groups is 1. The van der Waals surface area contributed by atoms with Crippen LogP contribution in [0.5, 0.6) is 0 Å². The molecule has 2 aromatic heterocycles. The fraction of sp³-hybridized carbons (Fsp3) is 0.350. The molecule has 0 fully saturated rings. The summed E-state index contributed by atoms with van der Waals surface area (Å²) in [6.07, 6.45) is 0.747. The Morgan fingerprint density at radius 1 is 1.22 bits per heavy atom. The molecule has 3 aromatic rings. The van der Waals surface area contributed by atoms with E-state index in [2.05, 4.69) is 23.9 Å². The molecule has 3 rings (SSSR count). The molecule has 0 spiro atoms. The molecule has 2 N–H and O–H groups in total. The van der Waals surface area contributed by atoms with Crippen LogP contribution in [-0.4, -0.2) is 45.2 Å². The molecule has 1 atom stereocenters. The van der Waals surface area contributed by atoms with Gasteiger partial charge in [0.05, 0.1) is 10.6 Å². The predicted molar refractivity (Wildman–Crippen MR) is 109 cm³/mol. The number of aromatic nitrogens is 3. The van der Waals surface area contributed by atoms with Crippen molar-refractivity contribution in [3.05, 3.63) is 53.7 Å². The van der Waals surface area contributed by atoms with Gasteiger partial charge < -0.3 is 10.6 Å².